The molecule has 0 fully saturated rings. The Morgan fingerprint density at radius 1 is 1.17 bits per heavy atom. The first-order valence-electron chi connectivity index (χ1n) is 7.02. The molecule has 2 aromatic heterocycles. The Hall–Kier alpha value is -1.90. The van der Waals surface area contributed by atoms with Crippen molar-refractivity contribution in [1.82, 2.24) is 15.5 Å². The molecule has 0 unspecified atom stereocenters. The summed E-state index contributed by atoms with van der Waals surface area (Å²) >= 11 is 8.55. The average Bonchev–Trinajstić information content (AvgIpc) is 3.22. The van der Waals surface area contributed by atoms with E-state index in [1.54, 1.807) is 30.6 Å². The van der Waals surface area contributed by atoms with Crippen molar-refractivity contribution in [2.24, 2.45) is 0 Å². The molecule has 0 saturated heterocycles. The molecule has 0 bridgehead atoms. The lowest BCUT2D eigenvalue weighted by molar-refractivity contribution is -0.132. The molecule has 0 aliphatic carbocycles. The quantitative estimate of drug-likeness (QED) is 0.764. The van der Waals surface area contributed by atoms with E-state index in [1.165, 1.54) is 27.6 Å². The van der Waals surface area contributed by atoms with Crippen LogP contribution in [0.5, 0.6) is 0 Å². The van der Waals surface area contributed by atoms with Crippen LogP contribution >= 0.6 is 34.3 Å². The minimum atomic E-state index is -0.416. The van der Waals surface area contributed by atoms with E-state index in [9.17, 15) is 14.4 Å². The smallest absolute Gasteiger partial charge is 0.261 e. The second-order valence-corrected chi connectivity index (χ2v) is 7.64. The third-order valence-corrected chi connectivity index (χ3v) is 5.12. The van der Waals surface area contributed by atoms with Gasteiger partial charge in [-0.25, -0.2) is 0 Å². The second kappa shape index (κ2) is 8.81. The number of likely N-dealkylation sites (N-methyl/N-ethyl adjacent to an activating group) is 1. The van der Waals surface area contributed by atoms with Crippen LogP contribution in [0, 0.1) is 0 Å². The molecule has 0 aliphatic rings. The molecule has 0 aromatic carbocycles. The zero-order chi connectivity index (χ0) is 17.5. The number of halogens is 1. The summed E-state index contributed by atoms with van der Waals surface area (Å²) in [6.07, 6.45) is 0. The van der Waals surface area contributed by atoms with Gasteiger partial charge in [0, 0.05) is 11.9 Å². The number of nitrogens with one attached hydrogen (secondary N) is 2. The minimum absolute atomic E-state index is 0.122. The first kappa shape index (κ1) is 18.4. The maximum Gasteiger partial charge on any atom is 0.261 e. The third-order valence-electron chi connectivity index (χ3n) is 3.04. The van der Waals surface area contributed by atoms with Crippen LogP contribution in [-0.2, 0) is 16.1 Å². The molecular weight excluding hydrogens is 370 g/mol. The topological polar surface area (TPSA) is 78.5 Å². The van der Waals surface area contributed by atoms with Gasteiger partial charge in [0.1, 0.15) is 0 Å². The molecule has 0 atom stereocenters. The molecule has 2 rings (SSSR count). The molecule has 128 valence electrons. The van der Waals surface area contributed by atoms with Crippen molar-refractivity contribution in [3.05, 3.63) is 43.7 Å². The van der Waals surface area contributed by atoms with Crippen LogP contribution in [0.15, 0.2) is 29.6 Å². The van der Waals surface area contributed by atoms with Gasteiger partial charge in [-0.1, -0.05) is 17.7 Å². The van der Waals surface area contributed by atoms with Crippen LogP contribution in [0.25, 0.3) is 0 Å². The van der Waals surface area contributed by atoms with Gasteiger partial charge in [-0.15, -0.1) is 22.7 Å². The van der Waals surface area contributed by atoms with E-state index in [0.717, 1.165) is 4.88 Å². The lowest BCUT2D eigenvalue weighted by atomic mass is 10.4. The normalized spacial score (nSPS) is 10.2. The number of carbonyl (C=O) groups excluding carboxylic acids is 3. The highest BCUT2D eigenvalue weighted by Gasteiger charge is 2.13. The molecule has 0 saturated carbocycles. The maximum atomic E-state index is 12.0. The molecule has 2 heterocycles. The highest BCUT2D eigenvalue weighted by atomic mass is 35.5. The Labute approximate surface area is 152 Å². The summed E-state index contributed by atoms with van der Waals surface area (Å²) in [6.45, 7) is 0.138. The summed E-state index contributed by atoms with van der Waals surface area (Å²) in [5.41, 5.74) is 0. The number of rotatable bonds is 7. The lowest BCUT2D eigenvalue weighted by Crippen LogP contribution is -2.42. The molecular formula is C15H16ClN3O3S2. The minimum Gasteiger partial charge on any atom is -0.345 e. The molecule has 0 aliphatic heterocycles. The van der Waals surface area contributed by atoms with Crippen molar-refractivity contribution in [2.75, 3.05) is 20.1 Å². The van der Waals surface area contributed by atoms with Crippen LogP contribution in [0.2, 0.25) is 4.34 Å². The fourth-order valence-electron chi connectivity index (χ4n) is 1.79. The predicted octanol–water partition coefficient (Wildman–Crippen LogP) is 1.97. The van der Waals surface area contributed by atoms with Gasteiger partial charge in [0.2, 0.25) is 11.8 Å². The second-order valence-electron chi connectivity index (χ2n) is 4.89. The van der Waals surface area contributed by atoms with Crippen LogP contribution in [0.1, 0.15) is 14.5 Å². The van der Waals surface area contributed by atoms with Crippen molar-refractivity contribution in [2.45, 2.75) is 6.54 Å². The van der Waals surface area contributed by atoms with E-state index in [-0.39, 0.29) is 24.9 Å². The molecule has 0 radical (unpaired) electrons. The molecule has 6 nitrogen and oxygen atoms in total. The Kier molecular flexibility index (Phi) is 6.77. The van der Waals surface area contributed by atoms with Crippen molar-refractivity contribution < 1.29 is 14.4 Å². The van der Waals surface area contributed by atoms with Crippen LogP contribution in [0.4, 0.5) is 0 Å². The standard InChI is InChI=1S/C15H16ClN3O3S2/c1-19(9-10-4-5-12(16)24-10)14(21)8-17-13(20)7-18-15(22)11-3-2-6-23-11/h2-6H,7-9H2,1H3,(H,17,20)(H,18,22). The van der Waals surface area contributed by atoms with Crippen molar-refractivity contribution >= 4 is 52.0 Å². The van der Waals surface area contributed by atoms with E-state index >= 15 is 0 Å². The predicted molar refractivity (Wildman–Crippen MR) is 95.5 cm³/mol. The molecule has 9 heteroatoms. The van der Waals surface area contributed by atoms with E-state index in [1.807, 2.05) is 6.07 Å². The van der Waals surface area contributed by atoms with Gasteiger partial charge in [-0.2, -0.15) is 0 Å². The SMILES string of the molecule is CN(Cc1ccc(Cl)s1)C(=O)CNC(=O)CNC(=O)c1cccs1. The van der Waals surface area contributed by atoms with E-state index in [2.05, 4.69) is 10.6 Å². The van der Waals surface area contributed by atoms with Gasteiger partial charge >= 0.3 is 0 Å². The van der Waals surface area contributed by atoms with Gasteiger partial charge in [-0.05, 0) is 23.6 Å². The number of thiophene rings is 2. The molecule has 24 heavy (non-hydrogen) atoms. The van der Waals surface area contributed by atoms with E-state index in [4.69, 9.17) is 11.6 Å². The lowest BCUT2D eigenvalue weighted by Gasteiger charge is -2.16. The van der Waals surface area contributed by atoms with Gasteiger partial charge in [0.25, 0.3) is 5.91 Å². The Bertz CT molecular complexity index is 715. The summed E-state index contributed by atoms with van der Waals surface area (Å²) in [4.78, 5) is 38.4. The van der Waals surface area contributed by atoms with E-state index < -0.39 is 5.91 Å². The van der Waals surface area contributed by atoms with Crippen molar-refractivity contribution in [3.8, 4) is 0 Å². The number of hydrogen-bond acceptors (Lipinski definition) is 5. The highest BCUT2D eigenvalue weighted by Crippen LogP contribution is 2.22. The summed E-state index contributed by atoms with van der Waals surface area (Å²) in [5.74, 6) is -0.948. The summed E-state index contributed by atoms with van der Waals surface area (Å²) in [7, 11) is 1.65. The van der Waals surface area contributed by atoms with E-state index in [0.29, 0.717) is 15.8 Å². The fourth-order valence-corrected chi connectivity index (χ4v) is 3.57. The molecule has 0 spiro atoms. The van der Waals surface area contributed by atoms with Crippen LogP contribution in [0.3, 0.4) is 0 Å². The number of hydrogen-bond donors (Lipinski definition) is 2. The Morgan fingerprint density at radius 2 is 1.96 bits per heavy atom. The molecule has 2 aromatic rings. The van der Waals surface area contributed by atoms with Gasteiger partial charge in [0.05, 0.1) is 28.8 Å². The van der Waals surface area contributed by atoms with Gasteiger partial charge in [-0.3, -0.25) is 14.4 Å². The van der Waals surface area contributed by atoms with Gasteiger partial charge < -0.3 is 15.5 Å². The number of nitrogens with zero attached hydrogens (tertiary/aromatic N) is 1. The number of carbonyl (C=O) groups is 3. The largest absolute Gasteiger partial charge is 0.345 e. The van der Waals surface area contributed by atoms with Crippen molar-refractivity contribution in [3.63, 3.8) is 0 Å². The summed E-state index contributed by atoms with van der Waals surface area (Å²) < 4.78 is 0.667. The van der Waals surface area contributed by atoms with Crippen LogP contribution in [-0.4, -0.2) is 42.8 Å². The molecule has 3 amide bonds. The maximum absolute atomic E-state index is 12.0. The summed E-state index contributed by atoms with van der Waals surface area (Å²) in [6, 6.07) is 7.07. The Balaban J connectivity index is 1.68. The zero-order valence-electron chi connectivity index (χ0n) is 12.9. The fraction of sp³-hybridized carbons (Fsp3) is 0.267. The molecule has 2 N–H and O–H groups in total. The zero-order valence-corrected chi connectivity index (χ0v) is 15.3. The summed E-state index contributed by atoms with van der Waals surface area (Å²) in [5, 5.41) is 6.77. The van der Waals surface area contributed by atoms with Gasteiger partial charge in [0.15, 0.2) is 0 Å². The van der Waals surface area contributed by atoms with Crippen LogP contribution < -0.4 is 10.6 Å². The monoisotopic (exact) mass is 385 g/mol. The average molecular weight is 386 g/mol. The Morgan fingerprint density at radius 3 is 2.58 bits per heavy atom. The van der Waals surface area contributed by atoms with Crippen molar-refractivity contribution in [1.29, 1.82) is 0 Å². The highest BCUT2D eigenvalue weighted by molar-refractivity contribution is 7.16. The first-order chi connectivity index (χ1) is 11.5. The first-order valence-corrected chi connectivity index (χ1v) is 9.09. The third kappa shape index (κ3) is 5.63. The number of amides is 3.